The Morgan fingerprint density at radius 3 is 2.27 bits per heavy atom. The maximum absolute atomic E-state index is 12.9. The summed E-state index contributed by atoms with van der Waals surface area (Å²) in [7, 11) is 3.26. The molecule has 2 aliphatic heterocycles. The van der Waals surface area contributed by atoms with Crippen LogP contribution < -0.4 is 9.47 Å². The summed E-state index contributed by atoms with van der Waals surface area (Å²) in [6.07, 6.45) is 0.00485. The maximum atomic E-state index is 12.9. The molecule has 2 atom stereocenters. The van der Waals surface area contributed by atoms with E-state index in [4.69, 9.17) is 14.2 Å². The number of ether oxygens (including phenoxy) is 3. The molecule has 2 heterocycles. The Balaban J connectivity index is 1.80. The van der Waals surface area contributed by atoms with E-state index >= 15 is 0 Å². The highest BCUT2D eigenvalue weighted by Crippen LogP contribution is 2.41. The molecule has 0 radical (unpaired) electrons. The van der Waals surface area contributed by atoms with Crippen molar-refractivity contribution in [3.8, 4) is 11.5 Å². The molecular weight excluding hydrogens is 378 g/mol. The van der Waals surface area contributed by atoms with Crippen LogP contribution in [0, 0.1) is 0 Å². The Hall–Kier alpha value is -3.47. The number of amides is 1. The van der Waals surface area contributed by atoms with E-state index in [2.05, 4.69) is 13.2 Å². The Kier molecular flexibility index (Phi) is 5.36. The number of allylic oxidation sites excluding steroid dienone is 2. The van der Waals surface area contributed by atoms with Crippen molar-refractivity contribution in [2.45, 2.75) is 18.6 Å². The summed E-state index contributed by atoms with van der Waals surface area (Å²) < 4.78 is 17.2. The number of methoxy groups -OCH3 is 2. The van der Waals surface area contributed by atoms with Crippen molar-refractivity contribution in [1.82, 2.24) is 4.90 Å². The SMILES string of the molecule is C=C1CCN2C(=O)[C@H](Oc3ccccc3)[C@@H]2/C(OC)=C(/c2ccc(OC)cc2)C1=C. The summed E-state index contributed by atoms with van der Waals surface area (Å²) in [5, 5.41) is 0. The number of β-lactam (4-membered cyclic amide) rings is 1. The third-order valence-corrected chi connectivity index (χ3v) is 5.65. The summed E-state index contributed by atoms with van der Waals surface area (Å²) in [5.41, 5.74) is 3.47. The molecule has 0 N–H and O–H groups in total. The fourth-order valence-corrected chi connectivity index (χ4v) is 3.98. The van der Waals surface area contributed by atoms with Crippen LogP contribution in [-0.4, -0.2) is 43.7 Å². The molecule has 0 unspecified atom stereocenters. The monoisotopic (exact) mass is 403 g/mol. The Morgan fingerprint density at radius 1 is 0.933 bits per heavy atom. The van der Waals surface area contributed by atoms with Gasteiger partial charge < -0.3 is 19.1 Å². The van der Waals surface area contributed by atoms with Crippen molar-refractivity contribution in [2.75, 3.05) is 20.8 Å². The molecule has 4 rings (SSSR count). The molecular formula is C25H25NO4. The first kappa shape index (κ1) is 19.8. The fraction of sp³-hybridized carbons (Fsp3) is 0.240. The van der Waals surface area contributed by atoms with Gasteiger partial charge in [-0.15, -0.1) is 0 Å². The van der Waals surface area contributed by atoms with Crippen molar-refractivity contribution >= 4 is 11.5 Å². The van der Waals surface area contributed by atoms with Crippen LogP contribution in [0.3, 0.4) is 0 Å². The van der Waals surface area contributed by atoms with Crippen LogP contribution in [0.2, 0.25) is 0 Å². The average Bonchev–Trinajstić information content (AvgIpc) is 2.78. The van der Waals surface area contributed by atoms with Crippen molar-refractivity contribution in [2.24, 2.45) is 0 Å². The second kappa shape index (κ2) is 8.11. The van der Waals surface area contributed by atoms with Crippen molar-refractivity contribution in [3.05, 3.63) is 90.2 Å². The third kappa shape index (κ3) is 3.36. The molecule has 2 aliphatic rings. The second-order valence-corrected chi connectivity index (χ2v) is 7.33. The third-order valence-electron chi connectivity index (χ3n) is 5.65. The first-order valence-electron chi connectivity index (χ1n) is 9.87. The highest BCUT2D eigenvalue weighted by Gasteiger charge is 2.53. The van der Waals surface area contributed by atoms with E-state index in [-0.39, 0.29) is 11.9 Å². The lowest BCUT2D eigenvalue weighted by Crippen LogP contribution is -2.68. The zero-order valence-electron chi connectivity index (χ0n) is 17.3. The number of hydrogen-bond donors (Lipinski definition) is 0. The lowest BCUT2D eigenvalue weighted by Gasteiger charge is -2.48. The number of rotatable bonds is 5. The van der Waals surface area contributed by atoms with Crippen LogP contribution in [0.1, 0.15) is 12.0 Å². The molecule has 0 bridgehead atoms. The molecule has 154 valence electrons. The molecule has 0 aliphatic carbocycles. The number of nitrogens with zero attached hydrogens (tertiary/aromatic N) is 1. The minimum Gasteiger partial charge on any atom is -0.498 e. The minimum atomic E-state index is -0.644. The van der Waals surface area contributed by atoms with Gasteiger partial charge in [-0.2, -0.15) is 0 Å². The summed E-state index contributed by atoms with van der Waals surface area (Å²) in [5.74, 6) is 2.03. The maximum Gasteiger partial charge on any atom is 0.267 e. The lowest BCUT2D eigenvalue weighted by molar-refractivity contribution is -0.162. The van der Waals surface area contributed by atoms with Crippen molar-refractivity contribution in [3.63, 3.8) is 0 Å². The second-order valence-electron chi connectivity index (χ2n) is 7.33. The van der Waals surface area contributed by atoms with E-state index in [1.165, 1.54) is 0 Å². The Bertz CT molecular complexity index is 1010. The highest BCUT2D eigenvalue weighted by molar-refractivity contribution is 5.94. The van der Waals surface area contributed by atoms with Gasteiger partial charge in [0.25, 0.3) is 5.91 Å². The molecule has 1 amide bonds. The van der Waals surface area contributed by atoms with Gasteiger partial charge in [0.15, 0.2) is 0 Å². The summed E-state index contributed by atoms with van der Waals surface area (Å²) in [4.78, 5) is 14.7. The zero-order chi connectivity index (χ0) is 21.3. The molecule has 1 fully saturated rings. The lowest BCUT2D eigenvalue weighted by atomic mass is 9.83. The van der Waals surface area contributed by atoms with E-state index in [0.29, 0.717) is 24.5 Å². The smallest absolute Gasteiger partial charge is 0.267 e. The van der Waals surface area contributed by atoms with Gasteiger partial charge in [-0.25, -0.2) is 0 Å². The number of benzene rings is 2. The van der Waals surface area contributed by atoms with Gasteiger partial charge in [0.1, 0.15) is 23.3 Å². The van der Waals surface area contributed by atoms with E-state index in [9.17, 15) is 4.79 Å². The molecule has 0 saturated carbocycles. The average molecular weight is 403 g/mol. The van der Waals surface area contributed by atoms with Gasteiger partial charge in [0.05, 0.1) is 14.2 Å². The molecule has 2 aromatic rings. The quantitative estimate of drug-likeness (QED) is 0.701. The molecule has 1 saturated heterocycles. The van der Waals surface area contributed by atoms with Crippen molar-refractivity contribution < 1.29 is 19.0 Å². The predicted molar refractivity (Wildman–Crippen MR) is 116 cm³/mol. The van der Waals surface area contributed by atoms with Gasteiger partial charge in [-0.3, -0.25) is 4.79 Å². The van der Waals surface area contributed by atoms with E-state index in [1.54, 1.807) is 19.1 Å². The summed E-state index contributed by atoms with van der Waals surface area (Å²) in [6, 6.07) is 16.8. The van der Waals surface area contributed by atoms with Crippen molar-refractivity contribution in [1.29, 1.82) is 0 Å². The van der Waals surface area contributed by atoms with Crippen LogP contribution in [0.4, 0.5) is 0 Å². The molecule has 0 spiro atoms. The molecule has 5 nitrogen and oxygen atoms in total. The van der Waals surface area contributed by atoms with Crippen LogP contribution in [0.25, 0.3) is 5.57 Å². The molecule has 5 heteroatoms. The minimum absolute atomic E-state index is 0.0483. The standard InChI is InChI=1S/C25H25NO4/c1-16-14-15-26-22(24(25(26)27)30-20-8-6-5-7-9-20)23(29-4)21(17(16)2)18-10-12-19(28-3)13-11-18/h5-13,22,24H,1-2,14-15H2,3-4H3/b23-21-/t22-,24+/m0/s1. The molecule has 2 aromatic carbocycles. The van der Waals surface area contributed by atoms with E-state index < -0.39 is 6.10 Å². The number of fused-ring (bicyclic) bond motifs is 1. The van der Waals surface area contributed by atoms with Gasteiger partial charge in [-0.1, -0.05) is 43.5 Å². The van der Waals surface area contributed by atoms with Gasteiger partial charge >= 0.3 is 0 Å². The van der Waals surface area contributed by atoms with Gasteiger partial charge in [0, 0.05) is 12.1 Å². The van der Waals surface area contributed by atoms with E-state index in [1.807, 2.05) is 54.6 Å². The van der Waals surface area contributed by atoms with Crippen LogP contribution in [0.5, 0.6) is 11.5 Å². The molecule has 30 heavy (non-hydrogen) atoms. The highest BCUT2D eigenvalue weighted by atomic mass is 16.5. The van der Waals surface area contributed by atoms with Crippen LogP contribution >= 0.6 is 0 Å². The molecule has 0 aromatic heterocycles. The Morgan fingerprint density at radius 2 is 1.63 bits per heavy atom. The first-order valence-corrected chi connectivity index (χ1v) is 9.87. The first-order chi connectivity index (χ1) is 14.5. The fourth-order valence-electron chi connectivity index (χ4n) is 3.98. The van der Waals surface area contributed by atoms with Gasteiger partial charge in [-0.05, 0) is 47.4 Å². The zero-order valence-corrected chi connectivity index (χ0v) is 17.3. The number of para-hydroxylation sites is 1. The topological polar surface area (TPSA) is 48.0 Å². The normalized spacial score (nSPS) is 23.8. The van der Waals surface area contributed by atoms with Crippen LogP contribution in [-0.2, 0) is 9.53 Å². The summed E-state index contributed by atoms with van der Waals surface area (Å²) in [6.45, 7) is 9.04. The predicted octanol–water partition coefficient (Wildman–Crippen LogP) is 4.23. The number of hydrogen-bond acceptors (Lipinski definition) is 4. The Labute approximate surface area is 176 Å². The number of carbonyl (C=O) groups excluding carboxylic acids is 1. The summed E-state index contributed by atoms with van der Waals surface area (Å²) >= 11 is 0. The number of carbonyl (C=O) groups is 1. The van der Waals surface area contributed by atoms with Gasteiger partial charge in [0.2, 0.25) is 6.10 Å². The van der Waals surface area contributed by atoms with E-state index in [0.717, 1.165) is 28.0 Å². The largest absolute Gasteiger partial charge is 0.498 e. The van der Waals surface area contributed by atoms with Crippen LogP contribution in [0.15, 0.2) is 84.7 Å².